The highest BCUT2D eigenvalue weighted by Crippen LogP contribution is 2.31. The number of nitrogens with zero attached hydrogens (tertiary/aromatic N) is 5. The summed E-state index contributed by atoms with van der Waals surface area (Å²) in [5.74, 6) is 1.01. The van der Waals surface area contributed by atoms with Crippen LogP contribution in [0, 0.1) is 13.8 Å². The van der Waals surface area contributed by atoms with E-state index in [0.717, 1.165) is 55.3 Å². The fourth-order valence-corrected chi connectivity index (χ4v) is 4.67. The number of fused-ring (bicyclic) bond motifs is 1. The fourth-order valence-electron chi connectivity index (χ4n) is 4.67. The van der Waals surface area contributed by atoms with Gasteiger partial charge in [0.25, 0.3) is 0 Å². The van der Waals surface area contributed by atoms with Crippen LogP contribution in [0.2, 0.25) is 0 Å². The van der Waals surface area contributed by atoms with Gasteiger partial charge in [0.05, 0.1) is 5.69 Å². The summed E-state index contributed by atoms with van der Waals surface area (Å²) in [7, 11) is 0. The molecule has 1 amide bonds. The summed E-state index contributed by atoms with van der Waals surface area (Å²) in [6, 6.07) is 2.92. The summed E-state index contributed by atoms with van der Waals surface area (Å²) in [5.41, 5.74) is 3.24. The smallest absolute Gasteiger partial charge is 0.234 e. The lowest BCUT2D eigenvalue weighted by atomic mass is 10.0. The maximum absolute atomic E-state index is 11.9. The van der Waals surface area contributed by atoms with E-state index in [2.05, 4.69) is 38.4 Å². The Morgan fingerprint density at radius 1 is 1.16 bits per heavy atom. The van der Waals surface area contributed by atoms with Crippen LogP contribution in [0.3, 0.4) is 0 Å². The normalized spacial score (nSPS) is 24.5. The molecule has 2 aromatic heterocycles. The van der Waals surface area contributed by atoms with Crippen LogP contribution in [0.4, 0.5) is 0 Å². The van der Waals surface area contributed by atoms with Crippen molar-refractivity contribution >= 4 is 11.7 Å². The summed E-state index contributed by atoms with van der Waals surface area (Å²) in [5, 5.41) is 0. The number of aromatic nitrogens is 3. The van der Waals surface area contributed by atoms with Crippen molar-refractivity contribution in [2.45, 2.75) is 65.1 Å². The van der Waals surface area contributed by atoms with Crippen molar-refractivity contribution in [2.75, 3.05) is 13.1 Å². The van der Waals surface area contributed by atoms with Gasteiger partial charge in [-0.3, -0.25) is 14.1 Å². The second kappa shape index (κ2) is 6.41. The molecule has 0 bridgehead atoms. The number of imidazole rings is 1. The van der Waals surface area contributed by atoms with Crippen molar-refractivity contribution in [1.29, 1.82) is 0 Å². The number of rotatable bonds is 3. The van der Waals surface area contributed by atoms with Crippen LogP contribution in [-0.4, -0.2) is 55.2 Å². The maximum Gasteiger partial charge on any atom is 0.234 e. The molecular weight excluding hydrogens is 314 g/mol. The summed E-state index contributed by atoms with van der Waals surface area (Å²) in [6.07, 6.45) is 6.76. The van der Waals surface area contributed by atoms with E-state index in [-0.39, 0.29) is 5.91 Å². The zero-order valence-electron chi connectivity index (χ0n) is 15.4. The van der Waals surface area contributed by atoms with E-state index in [4.69, 9.17) is 4.98 Å². The van der Waals surface area contributed by atoms with E-state index in [1.807, 2.05) is 6.92 Å². The standard InChI is InChI=1S/C19H27N5O/c1-13-10-14(2)24-12-16(21-19(24)20-13)11-22-8-4-6-17(22)18-7-5-9-23(18)15(3)25/h10,12,17-18H,4-9,11H2,1-3H3/t17-,18-/m1/s1. The molecule has 2 aromatic rings. The van der Waals surface area contributed by atoms with E-state index in [0.29, 0.717) is 12.1 Å². The topological polar surface area (TPSA) is 53.7 Å². The largest absolute Gasteiger partial charge is 0.338 e. The van der Waals surface area contributed by atoms with Crippen molar-refractivity contribution in [1.82, 2.24) is 24.2 Å². The predicted molar refractivity (Wildman–Crippen MR) is 96.3 cm³/mol. The van der Waals surface area contributed by atoms with Crippen molar-refractivity contribution in [3.05, 3.63) is 29.3 Å². The van der Waals surface area contributed by atoms with Gasteiger partial charge < -0.3 is 4.90 Å². The van der Waals surface area contributed by atoms with Crippen molar-refractivity contribution < 1.29 is 4.79 Å². The van der Waals surface area contributed by atoms with E-state index < -0.39 is 0 Å². The van der Waals surface area contributed by atoms with Gasteiger partial charge in [-0.25, -0.2) is 9.97 Å². The van der Waals surface area contributed by atoms with Gasteiger partial charge in [-0.05, 0) is 52.1 Å². The average Bonchev–Trinajstić information content (AvgIpc) is 3.25. The van der Waals surface area contributed by atoms with E-state index in [9.17, 15) is 4.79 Å². The number of amides is 1. The van der Waals surface area contributed by atoms with Crippen LogP contribution >= 0.6 is 0 Å². The van der Waals surface area contributed by atoms with Gasteiger partial charge in [-0.2, -0.15) is 0 Å². The first kappa shape index (κ1) is 16.5. The molecular formula is C19H27N5O. The van der Waals surface area contributed by atoms with Crippen LogP contribution in [0.5, 0.6) is 0 Å². The summed E-state index contributed by atoms with van der Waals surface area (Å²) in [4.78, 5) is 25.8. The average molecular weight is 341 g/mol. The third-order valence-corrected chi connectivity index (χ3v) is 5.74. The number of hydrogen-bond acceptors (Lipinski definition) is 4. The van der Waals surface area contributed by atoms with Crippen molar-refractivity contribution in [3.8, 4) is 0 Å². The van der Waals surface area contributed by atoms with E-state index in [1.54, 1.807) is 6.92 Å². The minimum atomic E-state index is 0.220. The molecule has 0 aromatic carbocycles. The van der Waals surface area contributed by atoms with Crippen molar-refractivity contribution in [2.24, 2.45) is 0 Å². The van der Waals surface area contributed by atoms with Crippen LogP contribution in [0.15, 0.2) is 12.3 Å². The highest BCUT2D eigenvalue weighted by Gasteiger charge is 2.38. The molecule has 2 aliphatic heterocycles. The van der Waals surface area contributed by atoms with Gasteiger partial charge in [0.1, 0.15) is 0 Å². The SMILES string of the molecule is CC(=O)N1CCC[C@@H]1[C@H]1CCCN1Cc1cn2c(C)cc(C)nc2n1. The zero-order chi connectivity index (χ0) is 17.6. The minimum Gasteiger partial charge on any atom is -0.338 e. The molecule has 0 saturated carbocycles. The zero-order valence-corrected chi connectivity index (χ0v) is 15.4. The molecule has 4 rings (SSSR count). The Labute approximate surface area is 148 Å². The van der Waals surface area contributed by atoms with Gasteiger partial charge in [-0.1, -0.05) is 0 Å². The fraction of sp³-hybridized carbons (Fsp3) is 0.632. The van der Waals surface area contributed by atoms with Crippen molar-refractivity contribution in [3.63, 3.8) is 0 Å². The third kappa shape index (κ3) is 3.03. The number of carbonyl (C=O) groups is 1. The second-order valence-corrected chi connectivity index (χ2v) is 7.54. The van der Waals surface area contributed by atoms with Crippen LogP contribution in [-0.2, 0) is 11.3 Å². The Balaban J connectivity index is 1.55. The van der Waals surface area contributed by atoms with Gasteiger partial charge >= 0.3 is 0 Å². The Bertz CT molecular complexity index is 798. The Morgan fingerprint density at radius 3 is 2.72 bits per heavy atom. The predicted octanol–water partition coefficient (Wildman–Crippen LogP) is 2.32. The molecule has 134 valence electrons. The number of hydrogen-bond donors (Lipinski definition) is 0. The highest BCUT2D eigenvalue weighted by molar-refractivity contribution is 5.74. The number of carbonyl (C=O) groups excluding carboxylic acids is 1. The van der Waals surface area contributed by atoms with Crippen LogP contribution in [0.25, 0.3) is 5.78 Å². The molecule has 2 atom stereocenters. The number of aryl methyl sites for hydroxylation is 2. The second-order valence-electron chi connectivity index (χ2n) is 7.54. The lowest BCUT2D eigenvalue weighted by Gasteiger charge is -2.34. The molecule has 2 aliphatic rings. The summed E-state index contributed by atoms with van der Waals surface area (Å²) in [6.45, 7) is 8.65. The number of likely N-dealkylation sites (tertiary alicyclic amines) is 2. The molecule has 0 unspecified atom stereocenters. The molecule has 6 heteroatoms. The molecule has 0 spiro atoms. The summed E-state index contributed by atoms with van der Waals surface area (Å²) < 4.78 is 2.07. The first-order chi connectivity index (χ1) is 12.0. The Morgan fingerprint density at radius 2 is 1.92 bits per heavy atom. The van der Waals surface area contributed by atoms with Crippen LogP contribution < -0.4 is 0 Å². The maximum atomic E-state index is 11.9. The van der Waals surface area contributed by atoms with Gasteiger partial charge in [0.2, 0.25) is 11.7 Å². The first-order valence-corrected chi connectivity index (χ1v) is 9.36. The monoisotopic (exact) mass is 341 g/mol. The quantitative estimate of drug-likeness (QED) is 0.860. The molecule has 4 heterocycles. The summed E-state index contributed by atoms with van der Waals surface area (Å²) >= 11 is 0. The molecule has 6 nitrogen and oxygen atoms in total. The molecule has 2 fully saturated rings. The van der Waals surface area contributed by atoms with Gasteiger partial charge in [0, 0.05) is 49.7 Å². The van der Waals surface area contributed by atoms with E-state index in [1.165, 1.54) is 12.8 Å². The lowest BCUT2D eigenvalue weighted by Crippen LogP contribution is -2.47. The Kier molecular flexibility index (Phi) is 4.23. The molecule has 0 radical (unpaired) electrons. The van der Waals surface area contributed by atoms with Gasteiger partial charge in [0.15, 0.2) is 0 Å². The molecule has 0 N–H and O–H groups in total. The lowest BCUT2D eigenvalue weighted by molar-refractivity contribution is -0.130. The van der Waals surface area contributed by atoms with Crippen LogP contribution in [0.1, 0.15) is 49.7 Å². The minimum absolute atomic E-state index is 0.220. The first-order valence-electron chi connectivity index (χ1n) is 9.36. The highest BCUT2D eigenvalue weighted by atomic mass is 16.2. The van der Waals surface area contributed by atoms with Gasteiger partial charge in [-0.15, -0.1) is 0 Å². The molecule has 25 heavy (non-hydrogen) atoms. The Hall–Kier alpha value is -1.95. The molecule has 2 saturated heterocycles. The third-order valence-electron chi connectivity index (χ3n) is 5.74. The van der Waals surface area contributed by atoms with E-state index >= 15 is 0 Å². The molecule has 0 aliphatic carbocycles.